The first-order valence-corrected chi connectivity index (χ1v) is 8.08. The molecule has 2 aromatic rings. The van der Waals surface area contributed by atoms with Gasteiger partial charge in [0, 0.05) is 38.7 Å². The van der Waals surface area contributed by atoms with Crippen molar-refractivity contribution in [3.63, 3.8) is 0 Å². The predicted molar refractivity (Wildman–Crippen MR) is 87.7 cm³/mol. The Balaban J connectivity index is 1.31. The number of aryl methyl sites for hydroxylation is 3. The molecule has 1 aliphatic heterocycles. The van der Waals surface area contributed by atoms with E-state index in [1.807, 2.05) is 0 Å². The fourth-order valence-electron chi connectivity index (χ4n) is 3.20. The molecule has 0 spiro atoms. The molecule has 3 heterocycles. The highest BCUT2D eigenvalue weighted by Crippen LogP contribution is 2.27. The molecule has 7 heteroatoms. The first-order valence-electron chi connectivity index (χ1n) is 8.08. The minimum absolute atomic E-state index is 0.0967. The summed E-state index contributed by atoms with van der Waals surface area (Å²) in [4.78, 5) is 13.6. The molecule has 0 atom stereocenters. The summed E-state index contributed by atoms with van der Waals surface area (Å²) in [5, 5.41) is 16.2. The Morgan fingerprint density at radius 2 is 2.13 bits per heavy atom. The summed E-state index contributed by atoms with van der Waals surface area (Å²) >= 11 is 0. The average molecular weight is 312 g/mol. The fraction of sp³-hybridized carbons (Fsp3) is 0.500. The summed E-state index contributed by atoms with van der Waals surface area (Å²) in [7, 11) is 1.66. The standard InChI is InChI=1S/C16H20N6O/c1-21-16(23)6-5-14(20-21)17-8-11-9-22(10-11)15-7-12-3-2-4-13(12)18-19-15/h5-7,11H,2-4,8-10H2,1H3,(H,17,20). The highest BCUT2D eigenvalue weighted by Gasteiger charge is 2.28. The van der Waals surface area contributed by atoms with Crippen molar-refractivity contribution in [2.45, 2.75) is 19.3 Å². The van der Waals surface area contributed by atoms with Crippen LogP contribution in [0.25, 0.3) is 0 Å². The zero-order valence-electron chi connectivity index (χ0n) is 13.2. The van der Waals surface area contributed by atoms with Gasteiger partial charge in [0.25, 0.3) is 5.56 Å². The second-order valence-electron chi connectivity index (χ2n) is 6.36. The van der Waals surface area contributed by atoms with Crippen molar-refractivity contribution in [1.29, 1.82) is 0 Å². The van der Waals surface area contributed by atoms with E-state index in [1.165, 1.54) is 28.4 Å². The Hall–Kier alpha value is -2.44. The lowest BCUT2D eigenvalue weighted by atomic mass is 10.00. The van der Waals surface area contributed by atoms with Crippen LogP contribution in [0.5, 0.6) is 0 Å². The average Bonchev–Trinajstić information content (AvgIpc) is 2.97. The molecule has 0 unspecified atom stereocenters. The maximum Gasteiger partial charge on any atom is 0.266 e. The van der Waals surface area contributed by atoms with E-state index in [4.69, 9.17) is 0 Å². The number of fused-ring (bicyclic) bond motifs is 1. The van der Waals surface area contributed by atoms with Crippen LogP contribution in [0.15, 0.2) is 23.0 Å². The highest BCUT2D eigenvalue weighted by atomic mass is 16.1. The Kier molecular flexibility index (Phi) is 3.48. The van der Waals surface area contributed by atoms with Crippen LogP contribution in [0.3, 0.4) is 0 Å². The van der Waals surface area contributed by atoms with Crippen LogP contribution in [-0.4, -0.2) is 39.6 Å². The van der Waals surface area contributed by atoms with Crippen molar-refractivity contribution >= 4 is 11.6 Å². The lowest BCUT2D eigenvalue weighted by Gasteiger charge is -2.40. The van der Waals surface area contributed by atoms with E-state index in [1.54, 1.807) is 13.1 Å². The second kappa shape index (κ2) is 5.64. The quantitative estimate of drug-likeness (QED) is 0.891. The molecule has 0 saturated carbocycles. The van der Waals surface area contributed by atoms with Crippen LogP contribution < -0.4 is 15.8 Å². The number of hydrogen-bond acceptors (Lipinski definition) is 6. The molecule has 0 radical (unpaired) electrons. The number of rotatable bonds is 4. The van der Waals surface area contributed by atoms with Crippen molar-refractivity contribution in [2.75, 3.05) is 29.9 Å². The summed E-state index contributed by atoms with van der Waals surface area (Å²) in [6.07, 6.45) is 3.41. The van der Waals surface area contributed by atoms with Crippen LogP contribution in [0.4, 0.5) is 11.6 Å². The third kappa shape index (κ3) is 2.78. The predicted octanol–water partition coefficient (Wildman–Crippen LogP) is 0.607. The number of anilines is 2. The maximum absolute atomic E-state index is 11.3. The van der Waals surface area contributed by atoms with Crippen molar-refractivity contribution in [3.8, 4) is 0 Å². The monoisotopic (exact) mass is 312 g/mol. The van der Waals surface area contributed by atoms with Gasteiger partial charge in [-0.2, -0.15) is 10.2 Å². The van der Waals surface area contributed by atoms with E-state index >= 15 is 0 Å². The Morgan fingerprint density at radius 1 is 1.26 bits per heavy atom. The largest absolute Gasteiger partial charge is 0.368 e. The van der Waals surface area contributed by atoms with Gasteiger partial charge in [-0.25, -0.2) is 4.68 Å². The summed E-state index contributed by atoms with van der Waals surface area (Å²) in [5.41, 5.74) is 2.44. The molecule has 1 saturated heterocycles. The smallest absolute Gasteiger partial charge is 0.266 e. The van der Waals surface area contributed by atoms with Crippen LogP contribution in [0.1, 0.15) is 17.7 Å². The van der Waals surface area contributed by atoms with Gasteiger partial charge < -0.3 is 10.2 Å². The number of nitrogens with zero attached hydrogens (tertiary/aromatic N) is 5. The van der Waals surface area contributed by atoms with Crippen LogP contribution in [0.2, 0.25) is 0 Å². The van der Waals surface area contributed by atoms with Gasteiger partial charge in [0.05, 0.1) is 5.69 Å². The van der Waals surface area contributed by atoms with Crippen molar-refractivity contribution in [1.82, 2.24) is 20.0 Å². The van der Waals surface area contributed by atoms with Crippen molar-refractivity contribution in [2.24, 2.45) is 13.0 Å². The van der Waals surface area contributed by atoms with E-state index in [9.17, 15) is 4.79 Å². The molecule has 23 heavy (non-hydrogen) atoms. The summed E-state index contributed by atoms with van der Waals surface area (Å²) in [5.74, 6) is 2.30. The SMILES string of the molecule is Cn1nc(NCC2CN(c3cc4c(nn3)CCC4)C2)ccc1=O. The summed E-state index contributed by atoms with van der Waals surface area (Å²) in [6, 6.07) is 5.46. The Morgan fingerprint density at radius 3 is 2.96 bits per heavy atom. The molecule has 1 aliphatic carbocycles. The van der Waals surface area contributed by atoms with E-state index < -0.39 is 0 Å². The van der Waals surface area contributed by atoms with E-state index in [2.05, 4.69) is 31.6 Å². The topological polar surface area (TPSA) is 75.9 Å². The van der Waals surface area contributed by atoms with Crippen LogP contribution in [0, 0.1) is 5.92 Å². The molecule has 2 aromatic heterocycles. The lowest BCUT2D eigenvalue weighted by molar-refractivity contribution is 0.424. The van der Waals surface area contributed by atoms with E-state index in [0.29, 0.717) is 5.92 Å². The Labute approximate surface area is 134 Å². The number of aromatic nitrogens is 4. The van der Waals surface area contributed by atoms with Crippen molar-refractivity contribution < 1.29 is 0 Å². The first-order chi connectivity index (χ1) is 11.2. The Bertz CT molecular complexity index is 780. The van der Waals surface area contributed by atoms with Gasteiger partial charge in [-0.15, -0.1) is 5.10 Å². The molecule has 2 aliphatic rings. The van der Waals surface area contributed by atoms with E-state index in [-0.39, 0.29) is 5.56 Å². The zero-order chi connectivity index (χ0) is 15.8. The second-order valence-corrected chi connectivity index (χ2v) is 6.36. The molecule has 120 valence electrons. The van der Waals surface area contributed by atoms with Crippen LogP contribution in [-0.2, 0) is 19.9 Å². The third-order valence-electron chi connectivity index (χ3n) is 4.62. The molecule has 1 fully saturated rings. The molecule has 0 bridgehead atoms. The van der Waals surface area contributed by atoms with E-state index in [0.717, 1.165) is 44.1 Å². The van der Waals surface area contributed by atoms with Gasteiger partial charge in [0.2, 0.25) is 0 Å². The van der Waals surface area contributed by atoms with Gasteiger partial charge in [-0.3, -0.25) is 4.79 Å². The fourth-order valence-corrected chi connectivity index (χ4v) is 3.20. The van der Waals surface area contributed by atoms with Gasteiger partial charge in [-0.05, 0) is 37.0 Å². The summed E-state index contributed by atoms with van der Waals surface area (Å²) < 4.78 is 1.34. The molecular weight excluding hydrogens is 292 g/mol. The minimum Gasteiger partial charge on any atom is -0.368 e. The molecular formula is C16H20N6O. The van der Waals surface area contributed by atoms with Gasteiger partial charge in [-0.1, -0.05) is 0 Å². The molecule has 7 nitrogen and oxygen atoms in total. The van der Waals surface area contributed by atoms with Gasteiger partial charge in [0.15, 0.2) is 5.82 Å². The molecule has 0 aromatic carbocycles. The van der Waals surface area contributed by atoms with Gasteiger partial charge in [0.1, 0.15) is 5.82 Å². The van der Waals surface area contributed by atoms with Gasteiger partial charge >= 0.3 is 0 Å². The lowest BCUT2D eigenvalue weighted by Crippen LogP contribution is -2.50. The first kappa shape index (κ1) is 14.2. The highest BCUT2D eigenvalue weighted by molar-refractivity contribution is 5.45. The van der Waals surface area contributed by atoms with Crippen molar-refractivity contribution in [3.05, 3.63) is 39.8 Å². The maximum atomic E-state index is 11.3. The molecule has 4 rings (SSSR count). The minimum atomic E-state index is -0.0967. The third-order valence-corrected chi connectivity index (χ3v) is 4.62. The summed E-state index contributed by atoms with van der Waals surface area (Å²) in [6.45, 7) is 2.80. The molecule has 1 N–H and O–H groups in total. The van der Waals surface area contributed by atoms with Crippen LogP contribution >= 0.6 is 0 Å². The number of hydrogen-bond donors (Lipinski definition) is 1. The normalized spacial score (nSPS) is 17.0. The zero-order valence-corrected chi connectivity index (χ0v) is 13.2. The number of nitrogens with one attached hydrogen (secondary N) is 1. The molecule has 0 amide bonds.